The Balaban J connectivity index is 2.45. The van der Waals surface area contributed by atoms with Crippen molar-refractivity contribution in [2.75, 3.05) is 20.8 Å². The Hall–Kier alpha value is -0.610. The van der Waals surface area contributed by atoms with Crippen molar-refractivity contribution in [3.63, 3.8) is 0 Å². The van der Waals surface area contributed by atoms with Crippen molar-refractivity contribution in [1.29, 1.82) is 0 Å². The van der Waals surface area contributed by atoms with Crippen LogP contribution in [0.4, 0.5) is 0 Å². The van der Waals surface area contributed by atoms with E-state index in [9.17, 15) is 4.79 Å². The Morgan fingerprint density at radius 2 is 2.00 bits per heavy atom. The molecular formula is C12H23NO3. The average molecular weight is 229 g/mol. The maximum atomic E-state index is 11.6. The van der Waals surface area contributed by atoms with E-state index >= 15 is 0 Å². The number of carbonyl (C=O) groups excluding carboxylic acids is 1. The summed E-state index contributed by atoms with van der Waals surface area (Å²) >= 11 is 0. The highest BCUT2D eigenvalue weighted by Gasteiger charge is 2.58. The van der Waals surface area contributed by atoms with Crippen LogP contribution in [0.15, 0.2) is 0 Å². The molecule has 0 aromatic heterocycles. The van der Waals surface area contributed by atoms with E-state index in [2.05, 4.69) is 26.1 Å². The van der Waals surface area contributed by atoms with Crippen molar-refractivity contribution >= 4 is 5.91 Å². The zero-order chi connectivity index (χ0) is 12.4. The molecule has 1 fully saturated rings. The van der Waals surface area contributed by atoms with Gasteiger partial charge in [0.2, 0.25) is 5.91 Å². The zero-order valence-corrected chi connectivity index (χ0v) is 10.9. The predicted molar refractivity (Wildman–Crippen MR) is 62.2 cm³/mol. The molecule has 1 N–H and O–H groups in total. The van der Waals surface area contributed by atoms with Crippen LogP contribution in [0.1, 0.15) is 33.6 Å². The summed E-state index contributed by atoms with van der Waals surface area (Å²) in [5.41, 5.74) is -0.156. The maximum absolute atomic E-state index is 11.6. The molecule has 2 atom stereocenters. The second kappa shape index (κ2) is 4.72. The molecule has 0 aromatic rings. The van der Waals surface area contributed by atoms with Gasteiger partial charge in [-0.1, -0.05) is 13.8 Å². The van der Waals surface area contributed by atoms with E-state index in [4.69, 9.17) is 9.47 Å². The van der Waals surface area contributed by atoms with Crippen molar-refractivity contribution in [2.24, 2.45) is 5.41 Å². The van der Waals surface area contributed by atoms with Gasteiger partial charge in [-0.3, -0.25) is 4.79 Å². The second-order valence-electron chi connectivity index (χ2n) is 5.22. The van der Waals surface area contributed by atoms with Gasteiger partial charge in [-0.15, -0.1) is 0 Å². The number of nitrogens with one attached hydrogen (secondary N) is 1. The number of methoxy groups -OCH3 is 2. The van der Waals surface area contributed by atoms with Gasteiger partial charge in [0.1, 0.15) is 0 Å². The first-order chi connectivity index (χ1) is 7.37. The van der Waals surface area contributed by atoms with Crippen molar-refractivity contribution in [3.8, 4) is 0 Å². The minimum absolute atomic E-state index is 0.0233. The molecule has 0 spiro atoms. The Kier molecular flexibility index (Phi) is 3.97. The molecule has 0 unspecified atom stereocenters. The first-order valence-corrected chi connectivity index (χ1v) is 5.71. The zero-order valence-electron chi connectivity index (χ0n) is 10.9. The van der Waals surface area contributed by atoms with E-state index in [1.165, 1.54) is 0 Å². The average Bonchev–Trinajstić information content (AvgIpc) is 2.25. The lowest BCUT2D eigenvalue weighted by molar-refractivity contribution is -0.182. The lowest BCUT2D eigenvalue weighted by atomic mass is 9.56. The Morgan fingerprint density at radius 3 is 2.44 bits per heavy atom. The normalized spacial score (nSPS) is 31.9. The van der Waals surface area contributed by atoms with Crippen LogP contribution in [-0.2, 0) is 14.3 Å². The molecule has 1 amide bonds. The Bertz CT molecular complexity index is 265. The van der Waals surface area contributed by atoms with Gasteiger partial charge in [0.25, 0.3) is 0 Å². The first-order valence-electron chi connectivity index (χ1n) is 5.71. The molecule has 0 aliphatic heterocycles. The van der Waals surface area contributed by atoms with Crippen LogP contribution in [0.3, 0.4) is 0 Å². The highest BCUT2D eigenvalue weighted by Crippen LogP contribution is 2.51. The van der Waals surface area contributed by atoms with E-state index in [1.807, 2.05) is 0 Å². The van der Waals surface area contributed by atoms with Crippen LogP contribution in [0.5, 0.6) is 0 Å². The van der Waals surface area contributed by atoms with Gasteiger partial charge in [0.15, 0.2) is 0 Å². The SMILES string of the molecule is COCCC(=O)N[C@@H]1C[C@@](C)(OC)C1(C)C. The van der Waals surface area contributed by atoms with E-state index in [1.54, 1.807) is 14.2 Å². The third-order valence-electron chi connectivity index (χ3n) is 4.15. The molecule has 0 heterocycles. The van der Waals surface area contributed by atoms with Crippen LogP contribution < -0.4 is 5.32 Å². The fourth-order valence-corrected chi connectivity index (χ4v) is 2.18. The van der Waals surface area contributed by atoms with E-state index in [0.717, 1.165) is 6.42 Å². The Labute approximate surface area is 97.7 Å². The summed E-state index contributed by atoms with van der Waals surface area (Å²) in [6.45, 7) is 6.81. The smallest absolute Gasteiger partial charge is 0.222 e. The summed E-state index contributed by atoms with van der Waals surface area (Å²) < 4.78 is 10.4. The summed E-state index contributed by atoms with van der Waals surface area (Å²) in [7, 11) is 3.33. The molecule has 0 radical (unpaired) electrons. The quantitative estimate of drug-likeness (QED) is 0.774. The number of carbonyl (C=O) groups is 1. The standard InChI is InChI=1S/C12H23NO3/c1-11(2)9(8-12(11,3)16-5)13-10(14)6-7-15-4/h9H,6-8H2,1-5H3,(H,13,14)/t9-,12-/m1/s1. The molecule has 4 heteroatoms. The van der Waals surface area contributed by atoms with E-state index < -0.39 is 0 Å². The van der Waals surface area contributed by atoms with E-state index in [0.29, 0.717) is 13.0 Å². The number of hydrogen-bond donors (Lipinski definition) is 1. The van der Waals surface area contributed by atoms with Gasteiger partial charge >= 0.3 is 0 Å². The molecule has 4 nitrogen and oxygen atoms in total. The van der Waals surface area contributed by atoms with Gasteiger partial charge in [0, 0.05) is 32.1 Å². The van der Waals surface area contributed by atoms with Gasteiger partial charge in [-0.2, -0.15) is 0 Å². The van der Waals surface area contributed by atoms with Gasteiger partial charge in [0.05, 0.1) is 12.2 Å². The molecular weight excluding hydrogens is 206 g/mol. The number of ether oxygens (including phenoxy) is 2. The largest absolute Gasteiger partial charge is 0.384 e. The fourth-order valence-electron chi connectivity index (χ4n) is 2.18. The lowest BCUT2D eigenvalue weighted by Gasteiger charge is -2.59. The van der Waals surface area contributed by atoms with Gasteiger partial charge in [-0.05, 0) is 13.3 Å². The summed E-state index contributed by atoms with van der Waals surface area (Å²) in [6.07, 6.45) is 1.29. The molecule has 0 aromatic carbocycles. The molecule has 94 valence electrons. The van der Waals surface area contributed by atoms with E-state index in [-0.39, 0.29) is 23.0 Å². The number of rotatable bonds is 5. The Morgan fingerprint density at radius 1 is 1.38 bits per heavy atom. The monoisotopic (exact) mass is 229 g/mol. The highest BCUT2D eigenvalue weighted by atomic mass is 16.5. The van der Waals surface area contributed by atoms with Crippen molar-refractivity contribution in [1.82, 2.24) is 5.32 Å². The number of amides is 1. The second-order valence-corrected chi connectivity index (χ2v) is 5.22. The van der Waals surface area contributed by atoms with Crippen LogP contribution >= 0.6 is 0 Å². The molecule has 1 rings (SSSR count). The van der Waals surface area contributed by atoms with Crippen LogP contribution in [-0.4, -0.2) is 38.4 Å². The van der Waals surface area contributed by atoms with Gasteiger partial charge < -0.3 is 14.8 Å². The molecule has 1 aliphatic carbocycles. The van der Waals surface area contributed by atoms with Crippen LogP contribution in [0.25, 0.3) is 0 Å². The maximum Gasteiger partial charge on any atom is 0.222 e. The summed E-state index contributed by atoms with van der Waals surface area (Å²) in [5.74, 6) is 0.0538. The fraction of sp³-hybridized carbons (Fsp3) is 0.917. The molecule has 0 saturated heterocycles. The predicted octanol–water partition coefficient (Wildman–Crippen LogP) is 1.34. The molecule has 16 heavy (non-hydrogen) atoms. The van der Waals surface area contributed by atoms with Gasteiger partial charge in [-0.25, -0.2) is 0 Å². The molecule has 1 aliphatic rings. The van der Waals surface area contributed by atoms with Crippen LogP contribution in [0.2, 0.25) is 0 Å². The summed E-state index contributed by atoms with van der Waals surface area (Å²) in [6, 6.07) is 0.196. The lowest BCUT2D eigenvalue weighted by Crippen LogP contribution is -2.68. The van der Waals surface area contributed by atoms with Crippen molar-refractivity contribution in [3.05, 3.63) is 0 Å². The first kappa shape index (κ1) is 13.5. The van der Waals surface area contributed by atoms with Crippen molar-refractivity contribution < 1.29 is 14.3 Å². The molecule has 1 saturated carbocycles. The molecule has 0 bridgehead atoms. The highest BCUT2D eigenvalue weighted by molar-refractivity contribution is 5.76. The number of hydrogen-bond acceptors (Lipinski definition) is 3. The third kappa shape index (κ3) is 2.23. The van der Waals surface area contributed by atoms with Crippen LogP contribution in [0, 0.1) is 5.41 Å². The third-order valence-corrected chi connectivity index (χ3v) is 4.15. The summed E-state index contributed by atoms with van der Waals surface area (Å²) in [4.78, 5) is 11.6. The van der Waals surface area contributed by atoms with Crippen molar-refractivity contribution in [2.45, 2.75) is 45.3 Å². The topological polar surface area (TPSA) is 47.6 Å². The minimum atomic E-state index is -0.133. The summed E-state index contributed by atoms with van der Waals surface area (Å²) in [5, 5.41) is 3.03. The minimum Gasteiger partial charge on any atom is -0.384 e.